The number of para-hydroxylation sites is 1. The zero-order valence-corrected chi connectivity index (χ0v) is 12.3. The molecule has 1 atom stereocenters. The molecule has 0 unspecified atom stereocenters. The van der Waals surface area contributed by atoms with Gasteiger partial charge in [0.1, 0.15) is 5.75 Å². The van der Waals surface area contributed by atoms with Crippen molar-refractivity contribution in [2.45, 2.75) is 18.2 Å². The molecule has 3 heteroatoms. The van der Waals surface area contributed by atoms with E-state index in [-0.39, 0.29) is 17.5 Å². The van der Waals surface area contributed by atoms with Crippen LogP contribution in [-0.4, -0.2) is 16.6 Å². The number of hydrogen-bond acceptors (Lipinski definition) is 3. The van der Waals surface area contributed by atoms with Crippen molar-refractivity contribution in [3.05, 3.63) is 60.2 Å². The van der Waals surface area contributed by atoms with Crippen LogP contribution >= 0.6 is 11.8 Å². The van der Waals surface area contributed by atoms with Crippen LogP contribution in [0.5, 0.6) is 5.75 Å². The number of thioether (sulfide) groups is 1. The molecule has 20 heavy (non-hydrogen) atoms. The number of ketones is 1. The monoisotopic (exact) mass is 286 g/mol. The maximum atomic E-state index is 12.2. The highest BCUT2D eigenvalue weighted by Gasteiger charge is 2.17. The van der Waals surface area contributed by atoms with Gasteiger partial charge in [-0.1, -0.05) is 37.3 Å². The summed E-state index contributed by atoms with van der Waals surface area (Å²) in [5, 5.41) is 9.71. The second-order valence-corrected chi connectivity index (χ2v) is 5.90. The van der Waals surface area contributed by atoms with Gasteiger partial charge in [0.2, 0.25) is 0 Å². The molecule has 0 aliphatic heterocycles. The fourth-order valence-corrected chi connectivity index (χ4v) is 3.01. The summed E-state index contributed by atoms with van der Waals surface area (Å²) in [4.78, 5) is 13.5. The maximum Gasteiger partial charge on any atom is 0.169 e. The van der Waals surface area contributed by atoms with E-state index in [1.807, 2.05) is 25.1 Å². The van der Waals surface area contributed by atoms with Gasteiger partial charge in [0.15, 0.2) is 5.78 Å². The molecule has 0 saturated heterocycles. The van der Waals surface area contributed by atoms with Gasteiger partial charge in [-0.25, -0.2) is 0 Å². The number of hydrogen-bond donors (Lipinski definition) is 1. The number of Topliss-reactive ketones (excluding diaryl/α,β-unsaturated/α-hetero) is 1. The third kappa shape index (κ3) is 3.87. The number of phenols is 1. The van der Waals surface area contributed by atoms with Crippen molar-refractivity contribution >= 4 is 17.5 Å². The highest BCUT2D eigenvalue weighted by molar-refractivity contribution is 7.99. The van der Waals surface area contributed by atoms with Gasteiger partial charge >= 0.3 is 0 Å². The highest BCUT2D eigenvalue weighted by atomic mass is 32.2. The molecule has 2 aromatic carbocycles. The minimum atomic E-state index is -0.0838. The van der Waals surface area contributed by atoms with Crippen molar-refractivity contribution in [2.75, 3.05) is 5.75 Å². The molecule has 2 nitrogen and oxygen atoms in total. The summed E-state index contributed by atoms with van der Waals surface area (Å²) < 4.78 is 0. The predicted octanol–water partition coefficient (Wildman–Crippen LogP) is 4.39. The SMILES string of the molecule is C[C@H](CCSc1ccccc1)C(=O)c1ccccc1O. The average Bonchev–Trinajstić information content (AvgIpc) is 2.48. The van der Waals surface area contributed by atoms with E-state index in [1.54, 1.807) is 36.0 Å². The molecule has 0 aliphatic rings. The first-order valence-corrected chi connectivity index (χ1v) is 7.67. The smallest absolute Gasteiger partial charge is 0.169 e. The number of aromatic hydroxyl groups is 1. The molecule has 0 aromatic heterocycles. The van der Waals surface area contributed by atoms with Crippen LogP contribution in [0, 0.1) is 5.92 Å². The van der Waals surface area contributed by atoms with Crippen molar-refractivity contribution in [2.24, 2.45) is 5.92 Å². The molecule has 0 spiro atoms. The van der Waals surface area contributed by atoms with Gasteiger partial charge in [0, 0.05) is 10.8 Å². The topological polar surface area (TPSA) is 37.3 Å². The average molecular weight is 286 g/mol. The van der Waals surface area contributed by atoms with E-state index >= 15 is 0 Å². The number of phenolic OH excluding ortho intramolecular Hbond substituents is 1. The molecule has 0 amide bonds. The van der Waals surface area contributed by atoms with Crippen LogP contribution in [0.15, 0.2) is 59.5 Å². The lowest BCUT2D eigenvalue weighted by atomic mass is 9.96. The van der Waals surface area contributed by atoms with E-state index in [0.29, 0.717) is 5.56 Å². The van der Waals surface area contributed by atoms with Crippen LogP contribution < -0.4 is 0 Å². The molecule has 0 saturated carbocycles. The molecular weight excluding hydrogens is 268 g/mol. The number of rotatable bonds is 6. The van der Waals surface area contributed by atoms with Gasteiger partial charge < -0.3 is 5.11 Å². The zero-order valence-electron chi connectivity index (χ0n) is 11.5. The molecular formula is C17H18O2S. The Labute approximate surface area is 123 Å². The van der Waals surface area contributed by atoms with Gasteiger partial charge in [-0.2, -0.15) is 0 Å². The largest absolute Gasteiger partial charge is 0.507 e. The Bertz CT molecular complexity index is 566. The first-order chi connectivity index (χ1) is 9.68. The van der Waals surface area contributed by atoms with Crippen molar-refractivity contribution in [1.29, 1.82) is 0 Å². The summed E-state index contributed by atoms with van der Waals surface area (Å²) in [6.45, 7) is 1.92. The second-order valence-electron chi connectivity index (χ2n) is 4.73. The number of carbonyl (C=O) groups excluding carboxylic acids is 1. The summed E-state index contributed by atoms with van der Waals surface area (Å²) in [5.74, 6) is 0.890. The van der Waals surface area contributed by atoms with Crippen molar-refractivity contribution in [3.8, 4) is 5.75 Å². The van der Waals surface area contributed by atoms with Crippen LogP contribution in [0.3, 0.4) is 0 Å². The van der Waals surface area contributed by atoms with Gasteiger partial charge in [-0.3, -0.25) is 4.79 Å². The van der Waals surface area contributed by atoms with E-state index in [4.69, 9.17) is 0 Å². The molecule has 0 bridgehead atoms. The Hall–Kier alpha value is -1.74. The fraction of sp³-hybridized carbons (Fsp3) is 0.235. The fourth-order valence-electron chi connectivity index (χ4n) is 1.95. The number of carbonyl (C=O) groups is 1. The predicted molar refractivity (Wildman–Crippen MR) is 83.4 cm³/mol. The molecule has 0 fully saturated rings. The zero-order chi connectivity index (χ0) is 14.4. The third-order valence-corrected chi connectivity index (χ3v) is 4.23. The Morgan fingerprint density at radius 2 is 1.75 bits per heavy atom. The lowest BCUT2D eigenvalue weighted by Crippen LogP contribution is -2.12. The summed E-state index contributed by atoms with van der Waals surface area (Å²) in [7, 11) is 0. The highest BCUT2D eigenvalue weighted by Crippen LogP contribution is 2.24. The Morgan fingerprint density at radius 3 is 2.45 bits per heavy atom. The van der Waals surface area contributed by atoms with Gasteiger partial charge in [0.25, 0.3) is 0 Å². The normalized spacial score (nSPS) is 12.1. The van der Waals surface area contributed by atoms with Gasteiger partial charge in [-0.15, -0.1) is 11.8 Å². The third-order valence-electron chi connectivity index (χ3n) is 3.18. The number of benzene rings is 2. The van der Waals surface area contributed by atoms with E-state index < -0.39 is 0 Å². The molecule has 2 aromatic rings. The lowest BCUT2D eigenvalue weighted by molar-refractivity contribution is 0.0925. The van der Waals surface area contributed by atoms with Crippen molar-refractivity contribution in [3.63, 3.8) is 0 Å². The van der Waals surface area contributed by atoms with Crippen LogP contribution in [-0.2, 0) is 0 Å². The molecule has 1 N–H and O–H groups in total. The molecule has 0 aliphatic carbocycles. The maximum absolute atomic E-state index is 12.2. The minimum Gasteiger partial charge on any atom is -0.507 e. The Balaban J connectivity index is 1.87. The quantitative estimate of drug-likeness (QED) is 0.632. The van der Waals surface area contributed by atoms with Gasteiger partial charge in [-0.05, 0) is 36.4 Å². The van der Waals surface area contributed by atoms with E-state index in [2.05, 4.69) is 12.1 Å². The van der Waals surface area contributed by atoms with Crippen molar-refractivity contribution < 1.29 is 9.90 Å². The second kappa shape index (κ2) is 7.15. The molecule has 0 radical (unpaired) electrons. The van der Waals surface area contributed by atoms with Crippen molar-refractivity contribution in [1.82, 2.24) is 0 Å². The summed E-state index contributed by atoms with van der Waals surface area (Å²) >= 11 is 1.75. The van der Waals surface area contributed by atoms with E-state index in [0.717, 1.165) is 12.2 Å². The van der Waals surface area contributed by atoms with Crippen LogP contribution in [0.1, 0.15) is 23.7 Å². The Morgan fingerprint density at radius 1 is 1.10 bits per heavy atom. The van der Waals surface area contributed by atoms with Crippen LogP contribution in [0.25, 0.3) is 0 Å². The standard InChI is InChI=1S/C17H18O2S/c1-13(11-12-20-14-7-3-2-4-8-14)17(19)15-9-5-6-10-16(15)18/h2-10,13,18H,11-12H2,1H3/t13-/m1/s1. The van der Waals surface area contributed by atoms with Gasteiger partial charge in [0.05, 0.1) is 5.56 Å². The lowest BCUT2D eigenvalue weighted by Gasteiger charge is -2.11. The molecule has 104 valence electrons. The van der Waals surface area contributed by atoms with Crippen LogP contribution in [0.4, 0.5) is 0 Å². The first-order valence-electron chi connectivity index (χ1n) is 6.68. The molecule has 2 rings (SSSR count). The summed E-state index contributed by atoms with van der Waals surface area (Å²) in [6.07, 6.45) is 0.798. The minimum absolute atomic E-state index is 0.0109. The Kier molecular flexibility index (Phi) is 5.24. The summed E-state index contributed by atoms with van der Waals surface area (Å²) in [5.41, 5.74) is 0.421. The van der Waals surface area contributed by atoms with E-state index in [1.165, 1.54) is 4.90 Å². The summed E-state index contributed by atoms with van der Waals surface area (Å²) in [6, 6.07) is 16.9. The first kappa shape index (κ1) is 14.7. The van der Waals surface area contributed by atoms with E-state index in [9.17, 15) is 9.90 Å². The molecule has 0 heterocycles. The van der Waals surface area contributed by atoms with Crippen LogP contribution in [0.2, 0.25) is 0 Å².